The lowest BCUT2D eigenvalue weighted by Crippen LogP contribution is -2.40. The lowest BCUT2D eigenvalue weighted by Gasteiger charge is -2.21. The molecule has 1 rings (SSSR count). The Morgan fingerprint density at radius 3 is 3.00 bits per heavy atom. The summed E-state index contributed by atoms with van der Waals surface area (Å²) in [5.41, 5.74) is 0. The molecule has 1 N–H and O–H groups in total. The third-order valence-corrected chi connectivity index (χ3v) is 3.94. The van der Waals surface area contributed by atoms with Crippen LogP contribution in [-0.4, -0.2) is 62.3 Å². The molecule has 1 aliphatic heterocycles. The summed E-state index contributed by atoms with van der Waals surface area (Å²) in [5, 5.41) is 3.41. The van der Waals surface area contributed by atoms with Crippen molar-refractivity contribution in [1.29, 1.82) is 0 Å². The summed E-state index contributed by atoms with van der Waals surface area (Å²) >= 11 is 1.89. The van der Waals surface area contributed by atoms with Crippen molar-refractivity contribution in [3.63, 3.8) is 0 Å². The molecule has 1 saturated heterocycles. The zero-order valence-corrected chi connectivity index (χ0v) is 13.5. The van der Waals surface area contributed by atoms with Crippen LogP contribution in [0.1, 0.15) is 26.7 Å². The smallest absolute Gasteiger partial charge is 0.193 e. The fourth-order valence-electron chi connectivity index (χ4n) is 2.27. The third kappa shape index (κ3) is 6.52. The molecule has 1 heterocycles. The maximum absolute atomic E-state index is 5.53. The van der Waals surface area contributed by atoms with Gasteiger partial charge in [0.15, 0.2) is 5.96 Å². The zero-order valence-electron chi connectivity index (χ0n) is 12.7. The van der Waals surface area contributed by atoms with Gasteiger partial charge in [-0.3, -0.25) is 4.99 Å². The molecule has 1 unspecified atom stereocenters. The molecule has 0 radical (unpaired) electrons. The number of nitrogens with zero attached hydrogens (tertiary/aromatic N) is 2. The number of hydrogen-bond acceptors (Lipinski definition) is 3. The van der Waals surface area contributed by atoms with E-state index in [1.807, 2.05) is 11.8 Å². The van der Waals surface area contributed by atoms with Crippen molar-refractivity contribution >= 4 is 17.7 Å². The lowest BCUT2D eigenvalue weighted by atomic mass is 10.1. The highest BCUT2D eigenvalue weighted by atomic mass is 32.2. The zero-order chi connectivity index (χ0) is 13.9. The van der Waals surface area contributed by atoms with Crippen LogP contribution in [0.15, 0.2) is 4.99 Å². The van der Waals surface area contributed by atoms with Crippen LogP contribution >= 0.6 is 11.8 Å². The van der Waals surface area contributed by atoms with E-state index in [1.165, 1.54) is 12.2 Å². The maximum atomic E-state index is 5.53. The van der Waals surface area contributed by atoms with Gasteiger partial charge in [-0.25, -0.2) is 0 Å². The minimum Gasteiger partial charge on any atom is -0.381 e. The van der Waals surface area contributed by atoms with E-state index in [4.69, 9.17) is 9.73 Å². The van der Waals surface area contributed by atoms with Crippen molar-refractivity contribution in [2.45, 2.75) is 26.7 Å². The van der Waals surface area contributed by atoms with E-state index in [1.54, 1.807) is 0 Å². The molecule has 19 heavy (non-hydrogen) atoms. The summed E-state index contributed by atoms with van der Waals surface area (Å²) in [6, 6.07) is 0. The Kier molecular flexibility index (Phi) is 9.08. The Hall–Kier alpha value is -0.420. The van der Waals surface area contributed by atoms with Gasteiger partial charge in [-0.2, -0.15) is 11.8 Å². The highest BCUT2D eigenvalue weighted by Gasteiger charge is 2.24. The van der Waals surface area contributed by atoms with Gasteiger partial charge in [0.2, 0.25) is 0 Å². The first-order valence-corrected chi connectivity index (χ1v) is 8.81. The second-order valence-electron chi connectivity index (χ2n) is 4.84. The Morgan fingerprint density at radius 1 is 1.47 bits per heavy atom. The molecule has 0 aromatic heterocycles. The highest BCUT2D eigenvalue weighted by molar-refractivity contribution is 7.98. The summed E-state index contributed by atoms with van der Waals surface area (Å²) in [5.74, 6) is 2.94. The molecule has 0 aromatic carbocycles. The van der Waals surface area contributed by atoms with Crippen LogP contribution in [0.5, 0.6) is 0 Å². The monoisotopic (exact) mass is 287 g/mol. The predicted octanol–water partition coefficient (Wildman–Crippen LogP) is 2.06. The van der Waals surface area contributed by atoms with Crippen LogP contribution in [0.25, 0.3) is 0 Å². The van der Waals surface area contributed by atoms with Crippen LogP contribution in [0, 0.1) is 5.92 Å². The number of rotatable bonds is 8. The topological polar surface area (TPSA) is 36.9 Å². The van der Waals surface area contributed by atoms with E-state index < -0.39 is 0 Å². The summed E-state index contributed by atoms with van der Waals surface area (Å²) in [7, 11) is 0. The quantitative estimate of drug-likeness (QED) is 0.421. The maximum Gasteiger partial charge on any atom is 0.193 e. The molecule has 112 valence electrons. The average Bonchev–Trinajstić information content (AvgIpc) is 2.88. The Labute approximate surface area is 122 Å². The SMILES string of the molecule is CCNC(=NCCCSC)N1CCC(COCC)C1. The number of aliphatic imine (C=N–C) groups is 1. The number of ether oxygens (including phenoxy) is 1. The molecule has 0 aliphatic carbocycles. The van der Waals surface area contributed by atoms with Crippen LogP contribution in [0.2, 0.25) is 0 Å². The number of hydrogen-bond donors (Lipinski definition) is 1. The van der Waals surface area contributed by atoms with Crippen molar-refractivity contribution in [3.8, 4) is 0 Å². The van der Waals surface area contributed by atoms with E-state index in [-0.39, 0.29) is 0 Å². The lowest BCUT2D eigenvalue weighted by molar-refractivity contribution is 0.114. The summed E-state index contributed by atoms with van der Waals surface area (Å²) in [6.07, 6.45) is 4.52. The first kappa shape index (κ1) is 16.6. The molecule has 0 saturated carbocycles. The fourth-order valence-corrected chi connectivity index (χ4v) is 2.68. The van der Waals surface area contributed by atoms with E-state index in [9.17, 15) is 0 Å². The number of thioether (sulfide) groups is 1. The predicted molar refractivity (Wildman–Crippen MR) is 85.2 cm³/mol. The minimum atomic E-state index is 0.662. The van der Waals surface area contributed by atoms with Crippen LogP contribution < -0.4 is 5.32 Å². The van der Waals surface area contributed by atoms with Crippen LogP contribution in [0.4, 0.5) is 0 Å². The molecule has 1 fully saturated rings. The van der Waals surface area contributed by atoms with Gasteiger partial charge in [0, 0.05) is 38.7 Å². The van der Waals surface area contributed by atoms with Gasteiger partial charge in [0.05, 0.1) is 6.61 Å². The van der Waals surface area contributed by atoms with Crippen LogP contribution in [0.3, 0.4) is 0 Å². The first-order valence-electron chi connectivity index (χ1n) is 7.41. The van der Waals surface area contributed by atoms with E-state index in [0.717, 1.165) is 51.8 Å². The summed E-state index contributed by atoms with van der Waals surface area (Å²) in [6.45, 7) is 9.94. The van der Waals surface area contributed by atoms with Gasteiger partial charge < -0.3 is 15.0 Å². The molecule has 0 spiro atoms. The molecule has 1 atom stereocenters. The molecule has 4 nitrogen and oxygen atoms in total. The molecule has 0 aromatic rings. The third-order valence-electron chi connectivity index (χ3n) is 3.25. The van der Waals surface area contributed by atoms with Gasteiger partial charge in [-0.05, 0) is 38.7 Å². The van der Waals surface area contributed by atoms with Crippen molar-refractivity contribution in [1.82, 2.24) is 10.2 Å². The van der Waals surface area contributed by atoms with Gasteiger partial charge in [-0.15, -0.1) is 0 Å². The van der Waals surface area contributed by atoms with Crippen molar-refractivity contribution < 1.29 is 4.74 Å². The standard InChI is InChI=1S/C14H29N3OS/c1-4-15-14(16-8-6-10-19-3)17-9-7-13(11-17)12-18-5-2/h13H,4-12H2,1-3H3,(H,15,16). The Bertz CT molecular complexity index is 261. The van der Waals surface area contributed by atoms with E-state index in [2.05, 4.69) is 30.3 Å². The van der Waals surface area contributed by atoms with Crippen LogP contribution in [-0.2, 0) is 4.74 Å². The largest absolute Gasteiger partial charge is 0.381 e. The Balaban J connectivity index is 2.39. The number of guanidine groups is 1. The minimum absolute atomic E-state index is 0.662. The second kappa shape index (κ2) is 10.4. The normalized spacial score (nSPS) is 20.1. The summed E-state index contributed by atoms with van der Waals surface area (Å²) in [4.78, 5) is 7.11. The first-order chi connectivity index (χ1) is 9.31. The molecular weight excluding hydrogens is 258 g/mol. The van der Waals surface area contributed by atoms with E-state index >= 15 is 0 Å². The Morgan fingerprint density at radius 2 is 2.32 bits per heavy atom. The van der Waals surface area contributed by atoms with Gasteiger partial charge >= 0.3 is 0 Å². The van der Waals surface area contributed by atoms with Crippen molar-refractivity contribution in [2.24, 2.45) is 10.9 Å². The van der Waals surface area contributed by atoms with Gasteiger partial charge in [0.25, 0.3) is 0 Å². The molecule has 5 heteroatoms. The highest BCUT2D eigenvalue weighted by Crippen LogP contribution is 2.16. The fraction of sp³-hybridized carbons (Fsp3) is 0.929. The molecule has 0 bridgehead atoms. The molecular formula is C14H29N3OS. The van der Waals surface area contributed by atoms with E-state index in [0.29, 0.717) is 5.92 Å². The number of nitrogens with one attached hydrogen (secondary N) is 1. The van der Waals surface area contributed by atoms with Gasteiger partial charge in [-0.1, -0.05) is 0 Å². The average molecular weight is 287 g/mol. The van der Waals surface area contributed by atoms with Crippen molar-refractivity contribution in [2.75, 3.05) is 51.4 Å². The summed E-state index contributed by atoms with van der Waals surface area (Å²) < 4.78 is 5.53. The van der Waals surface area contributed by atoms with Gasteiger partial charge in [0.1, 0.15) is 0 Å². The molecule has 0 amide bonds. The number of likely N-dealkylation sites (tertiary alicyclic amines) is 1. The molecule has 1 aliphatic rings. The van der Waals surface area contributed by atoms with Crippen molar-refractivity contribution in [3.05, 3.63) is 0 Å². The second-order valence-corrected chi connectivity index (χ2v) is 5.83.